The van der Waals surface area contributed by atoms with Crippen molar-refractivity contribution in [2.24, 2.45) is 0 Å². The molecule has 0 atom stereocenters. The number of carboxylic acid groups (broad SMARTS) is 1. The quantitative estimate of drug-likeness (QED) is 0.238. The molecule has 0 saturated carbocycles. The van der Waals surface area contributed by atoms with E-state index in [1.807, 2.05) is 41.3 Å². The number of rotatable bonds is 11. The van der Waals surface area contributed by atoms with Crippen LogP contribution in [0.4, 0.5) is 5.69 Å². The summed E-state index contributed by atoms with van der Waals surface area (Å²) in [5.74, 6) is 0.612. The third-order valence-corrected chi connectivity index (χ3v) is 8.29. The second-order valence-corrected chi connectivity index (χ2v) is 10.6. The maximum atomic E-state index is 11.4. The van der Waals surface area contributed by atoms with Crippen LogP contribution in [0.25, 0.3) is 16.3 Å². The van der Waals surface area contributed by atoms with Crippen LogP contribution in [0.1, 0.15) is 31.2 Å². The first-order chi connectivity index (χ1) is 17.8. The number of fused-ring (bicyclic) bond motifs is 2. The van der Waals surface area contributed by atoms with Crippen LogP contribution in [0.3, 0.4) is 0 Å². The molecule has 0 fully saturated rings. The van der Waals surface area contributed by atoms with Crippen LogP contribution in [-0.2, 0) is 11.3 Å². The van der Waals surface area contributed by atoms with Crippen molar-refractivity contribution < 1.29 is 34.2 Å². The van der Waals surface area contributed by atoms with Gasteiger partial charge in [0.1, 0.15) is 16.2 Å². The van der Waals surface area contributed by atoms with Gasteiger partial charge in [0.05, 0.1) is 43.8 Å². The maximum Gasteiger partial charge on any atom is 0.305 e. The molecule has 0 amide bonds. The van der Waals surface area contributed by atoms with Gasteiger partial charge in [0.2, 0.25) is 5.52 Å². The molecule has 0 spiro atoms. The standard InChI is InChI=1S/C27H30N2O6S2/c1-4-17(13-24-28(11-9-26(30)31)20-15-18(34-2)5-7-22(20)36-24)14-25-29(12-10-27(32)33)21-16-19(35-3)6-8-23(21)37-25/h5-8,13-16,26,30-31H,4,9-12H2,1-3H3/p+1. The number of thioether (sulfide) groups is 1. The first-order valence-electron chi connectivity index (χ1n) is 12.0. The number of ether oxygens (including phenoxy) is 2. The Hall–Kier alpha value is -3.05. The minimum absolute atomic E-state index is 0.0152. The number of nitrogens with zero attached hydrogens (tertiary/aromatic N) is 2. The van der Waals surface area contributed by atoms with Crippen molar-refractivity contribution in [2.45, 2.75) is 43.9 Å². The average Bonchev–Trinajstić information content (AvgIpc) is 3.41. The summed E-state index contributed by atoms with van der Waals surface area (Å²) in [5, 5.41) is 30.3. The summed E-state index contributed by atoms with van der Waals surface area (Å²) in [6.45, 7) is 2.87. The lowest BCUT2D eigenvalue weighted by Gasteiger charge is -2.20. The summed E-state index contributed by atoms with van der Waals surface area (Å²) < 4.78 is 14.0. The van der Waals surface area contributed by atoms with Crippen LogP contribution < -0.4 is 18.9 Å². The largest absolute Gasteiger partial charge is 0.497 e. The number of carboxylic acids is 1. The third kappa shape index (κ3) is 6.27. The highest BCUT2D eigenvalue weighted by atomic mass is 32.2. The number of benzene rings is 2. The van der Waals surface area contributed by atoms with Crippen molar-refractivity contribution in [3.05, 3.63) is 58.1 Å². The number of methoxy groups -OCH3 is 2. The van der Waals surface area contributed by atoms with Crippen molar-refractivity contribution in [1.82, 2.24) is 0 Å². The lowest BCUT2D eigenvalue weighted by Crippen LogP contribution is -2.36. The van der Waals surface area contributed by atoms with Gasteiger partial charge in [0, 0.05) is 23.6 Å². The molecule has 3 aromatic rings. The molecule has 2 heterocycles. The van der Waals surface area contributed by atoms with Crippen LogP contribution in [0.5, 0.6) is 11.5 Å². The molecular formula is C27H31N2O6S2+. The zero-order valence-corrected chi connectivity index (χ0v) is 22.6. The Morgan fingerprint density at radius 2 is 1.86 bits per heavy atom. The van der Waals surface area contributed by atoms with Gasteiger partial charge in [0.15, 0.2) is 12.8 Å². The molecular weight excluding hydrogens is 512 g/mol. The van der Waals surface area contributed by atoms with E-state index in [9.17, 15) is 20.1 Å². The Bertz CT molecular complexity index is 1350. The number of aliphatic hydroxyl groups excluding tert-OH is 1. The first-order valence-corrected chi connectivity index (χ1v) is 13.6. The molecule has 0 unspecified atom stereocenters. The van der Waals surface area contributed by atoms with E-state index in [1.54, 1.807) is 37.3 Å². The molecule has 0 aliphatic carbocycles. The number of carbonyl (C=O) groups is 1. The van der Waals surface area contributed by atoms with Crippen molar-refractivity contribution in [2.75, 3.05) is 25.7 Å². The highest BCUT2D eigenvalue weighted by molar-refractivity contribution is 8.03. The summed E-state index contributed by atoms with van der Waals surface area (Å²) in [4.78, 5) is 14.4. The van der Waals surface area contributed by atoms with E-state index in [0.717, 1.165) is 54.3 Å². The van der Waals surface area contributed by atoms with Crippen LogP contribution >= 0.6 is 23.1 Å². The zero-order chi connectivity index (χ0) is 26.5. The number of aromatic nitrogens is 1. The van der Waals surface area contributed by atoms with E-state index < -0.39 is 12.3 Å². The fraction of sp³-hybridized carbons (Fsp3) is 0.333. The number of allylic oxidation sites excluding steroid dienone is 2. The number of anilines is 1. The minimum atomic E-state index is -1.40. The summed E-state index contributed by atoms with van der Waals surface area (Å²) >= 11 is 3.24. The summed E-state index contributed by atoms with van der Waals surface area (Å²) in [7, 11) is 3.24. The van der Waals surface area contributed by atoms with Gasteiger partial charge >= 0.3 is 5.97 Å². The van der Waals surface area contributed by atoms with Gasteiger partial charge < -0.3 is 29.7 Å². The molecule has 1 aromatic heterocycles. The van der Waals surface area contributed by atoms with E-state index in [-0.39, 0.29) is 12.8 Å². The summed E-state index contributed by atoms with van der Waals surface area (Å²) in [5.41, 5.74) is 2.98. The summed E-state index contributed by atoms with van der Waals surface area (Å²) in [6.07, 6.45) is 3.80. The molecule has 0 saturated heterocycles. The van der Waals surface area contributed by atoms with Crippen molar-refractivity contribution in [3.63, 3.8) is 0 Å². The molecule has 2 aromatic carbocycles. The van der Waals surface area contributed by atoms with E-state index in [4.69, 9.17) is 9.47 Å². The van der Waals surface area contributed by atoms with Crippen LogP contribution in [0, 0.1) is 0 Å². The fourth-order valence-electron chi connectivity index (χ4n) is 4.11. The van der Waals surface area contributed by atoms with Gasteiger partial charge in [-0.25, -0.2) is 0 Å². The highest BCUT2D eigenvalue weighted by Crippen LogP contribution is 2.48. The average molecular weight is 544 g/mol. The Kier molecular flexibility index (Phi) is 8.75. The minimum Gasteiger partial charge on any atom is -0.497 e. The highest BCUT2D eigenvalue weighted by Gasteiger charge is 2.27. The maximum absolute atomic E-state index is 11.4. The Morgan fingerprint density at radius 1 is 1.14 bits per heavy atom. The predicted molar refractivity (Wildman–Crippen MR) is 146 cm³/mol. The monoisotopic (exact) mass is 543 g/mol. The van der Waals surface area contributed by atoms with Crippen molar-refractivity contribution in [1.29, 1.82) is 0 Å². The van der Waals surface area contributed by atoms with Crippen LogP contribution in [0.15, 0.2) is 58.0 Å². The van der Waals surface area contributed by atoms with E-state index >= 15 is 0 Å². The summed E-state index contributed by atoms with van der Waals surface area (Å²) in [6, 6.07) is 11.7. The van der Waals surface area contributed by atoms with E-state index in [2.05, 4.69) is 23.6 Å². The smallest absolute Gasteiger partial charge is 0.305 e. The zero-order valence-electron chi connectivity index (χ0n) is 21.0. The van der Waals surface area contributed by atoms with Crippen molar-refractivity contribution >= 4 is 51.0 Å². The van der Waals surface area contributed by atoms with Gasteiger partial charge in [-0.05, 0) is 42.3 Å². The second-order valence-electron chi connectivity index (χ2n) is 8.48. The molecule has 1 aliphatic rings. The molecule has 1 aliphatic heterocycles. The van der Waals surface area contributed by atoms with Gasteiger partial charge in [-0.1, -0.05) is 30.0 Å². The molecule has 0 radical (unpaired) electrons. The van der Waals surface area contributed by atoms with Crippen molar-refractivity contribution in [3.8, 4) is 11.5 Å². The Morgan fingerprint density at radius 3 is 2.54 bits per heavy atom. The van der Waals surface area contributed by atoms with Gasteiger partial charge in [0.25, 0.3) is 5.01 Å². The fourth-order valence-corrected chi connectivity index (χ4v) is 6.40. The number of aliphatic hydroxyl groups is 2. The van der Waals surface area contributed by atoms with E-state index in [1.165, 1.54) is 0 Å². The lowest BCUT2D eigenvalue weighted by molar-refractivity contribution is -0.671. The van der Waals surface area contributed by atoms with Gasteiger partial charge in [-0.2, -0.15) is 4.57 Å². The molecule has 37 heavy (non-hydrogen) atoms. The molecule has 196 valence electrons. The van der Waals surface area contributed by atoms with E-state index in [0.29, 0.717) is 13.1 Å². The number of hydrogen-bond acceptors (Lipinski definition) is 8. The van der Waals surface area contributed by atoms with Gasteiger partial charge in [-0.3, -0.25) is 4.79 Å². The number of aliphatic carboxylic acids is 1. The topological polar surface area (TPSA) is 103 Å². The van der Waals surface area contributed by atoms with Crippen LogP contribution in [-0.4, -0.2) is 48.3 Å². The Balaban J connectivity index is 1.75. The first kappa shape index (κ1) is 27.0. The second kappa shape index (κ2) is 12.0. The number of hydrogen-bond donors (Lipinski definition) is 3. The third-order valence-electron chi connectivity index (χ3n) is 6.06. The molecule has 4 rings (SSSR count). The number of aryl methyl sites for hydroxylation is 1. The molecule has 10 heteroatoms. The normalized spacial score (nSPS) is 14.6. The molecule has 8 nitrogen and oxygen atoms in total. The number of thiazole rings is 1. The predicted octanol–water partition coefficient (Wildman–Crippen LogP) is 4.63. The van der Waals surface area contributed by atoms with Crippen LogP contribution in [0.2, 0.25) is 0 Å². The Labute approximate surface area is 224 Å². The lowest BCUT2D eigenvalue weighted by atomic mass is 10.2. The SMILES string of the molecule is CCC(/C=C1\Sc2ccc(OC)cc2N1CCC(=O)O)=C\c1sc2ccc(OC)cc2[n+]1CCC(O)O. The molecule has 3 N–H and O–H groups in total. The van der Waals surface area contributed by atoms with Gasteiger partial charge in [-0.15, -0.1) is 0 Å². The molecule has 0 bridgehead atoms.